The molecule has 0 radical (unpaired) electrons. The average molecular weight is 616 g/mol. The first kappa shape index (κ1) is 31.9. The molecule has 0 unspecified atom stereocenters. The van der Waals surface area contributed by atoms with Gasteiger partial charge in [0.2, 0.25) is 5.41 Å². The second-order valence-electron chi connectivity index (χ2n) is 10.4. The van der Waals surface area contributed by atoms with Gasteiger partial charge in [-0.3, -0.25) is 9.59 Å². The molecule has 0 fully saturated rings. The van der Waals surface area contributed by atoms with Gasteiger partial charge in [0, 0.05) is 22.5 Å². The van der Waals surface area contributed by atoms with Crippen molar-refractivity contribution in [1.82, 2.24) is 0 Å². The summed E-state index contributed by atoms with van der Waals surface area (Å²) in [4.78, 5) is 25.7. The van der Waals surface area contributed by atoms with Crippen molar-refractivity contribution in [1.29, 1.82) is 0 Å². The lowest BCUT2D eigenvalue weighted by molar-refractivity contribution is -0.288. The van der Waals surface area contributed by atoms with Crippen LogP contribution in [-0.4, -0.2) is 29.3 Å². The lowest BCUT2D eigenvalue weighted by atomic mass is 9.72. The van der Waals surface area contributed by atoms with E-state index in [1.807, 2.05) is 26.0 Å². The van der Waals surface area contributed by atoms with Gasteiger partial charge in [0.15, 0.2) is 0 Å². The number of nitrogen functional groups attached to an aromatic ring is 1. The predicted octanol–water partition coefficient (Wildman–Crippen LogP) is 7.81. The number of nitrogens with two attached hydrogens (primary N) is 1. The molecule has 0 aliphatic rings. The number of aromatic hydroxyl groups is 1. The molecule has 4 aromatic carbocycles. The highest BCUT2D eigenvalue weighted by atomic mass is 19.4. The van der Waals surface area contributed by atoms with Crippen molar-refractivity contribution < 1.29 is 41.0 Å². The van der Waals surface area contributed by atoms with Gasteiger partial charge in [-0.1, -0.05) is 30.3 Å². The molecule has 12 heteroatoms. The molecule has 0 atom stereocenters. The third-order valence-electron chi connectivity index (χ3n) is 7.29. The van der Waals surface area contributed by atoms with E-state index in [0.29, 0.717) is 36.0 Å². The Bertz CT molecular complexity index is 1720. The van der Waals surface area contributed by atoms with Crippen molar-refractivity contribution in [2.24, 2.45) is 0 Å². The molecular weight excluding hydrogens is 588 g/mol. The zero-order valence-corrected chi connectivity index (χ0v) is 23.6. The second-order valence-corrected chi connectivity index (χ2v) is 10.4. The van der Waals surface area contributed by atoms with Crippen LogP contribution >= 0.6 is 0 Å². The van der Waals surface area contributed by atoms with Gasteiger partial charge >= 0.3 is 12.4 Å². The minimum Gasteiger partial charge on any atom is -0.506 e. The van der Waals surface area contributed by atoms with E-state index in [9.17, 15) is 41.0 Å². The minimum absolute atomic E-state index is 0.0812. The molecule has 5 N–H and O–H groups in total. The van der Waals surface area contributed by atoms with Gasteiger partial charge in [0.05, 0.1) is 5.69 Å². The van der Waals surface area contributed by atoms with E-state index < -0.39 is 52.1 Å². The number of alkyl halides is 6. The summed E-state index contributed by atoms with van der Waals surface area (Å²) in [6, 6.07) is 14.6. The van der Waals surface area contributed by atoms with Crippen LogP contribution in [0.5, 0.6) is 5.75 Å². The van der Waals surface area contributed by atoms with E-state index in [4.69, 9.17) is 5.73 Å². The van der Waals surface area contributed by atoms with Crippen LogP contribution in [0.4, 0.5) is 43.4 Å². The summed E-state index contributed by atoms with van der Waals surface area (Å²) < 4.78 is 87.4. The molecule has 6 nitrogen and oxygen atoms in total. The number of benzene rings is 4. The largest absolute Gasteiger partial charge is 0.506 e. The number of carbonyl (C=O) groups is 2. The number of phenols is 1. The highest BCUT2D eigenvalue weighted by Crippen LogP contribution is 2.57. The fourth-order valence-electron chi connectivity index (χ4n) is 4.76. The van der Waals surface area contributed by atoms with Crippen molar-refractivity contribution >= 4 is 28.9 Å². The summed E-state index contributed by atoms with van der Waals surface area (Å²) in [6.45, 7) is 5.11. The van der Waals surface area contributed by atoms with E-state index in [-0.39, 0.29) is 22.4 Å². The Morgan fingerprint density at radius 2 is 1.11 bits per heavy atom. The summed E-state index contributed by atoms with van der Waals surface area (Å²) in [7, 11) is 0. The molecule has 2 amide bonds. The lowest BCUT2D eigenvalue weighted by Crippen LogP contribution is -2.54. The first-order valence-electron chi connectivity index (χ1n) is 13.1. The molecule has 0 aliphatic carbocycles. The summed E-state index contributed by atoms with van der Waals surface area (Å²) in [5, 5.41) is 15.2. The molecule has 0 aliphatic heterocycles. The quantitative estimate of drug-likeness (QED) is 0.101. The fourth-order valence-corrected chi connectivity index (χ4v) is 4.76. The predicted molar refractivity (Wildman–Crippen MR) is 155 cm³/mol. The standard InChI is InChI=1S/C32H27F6N3O3/c1-17-4-5-19(3)25(14-17)40-28(43)20-7-9-21(10-8-20)29(44)41-26-16-23(12-13-27(26)42)30(31(33,34)35,32(36,37)38)22-11-6-18(2)24(39)15-22/h4-16,42H,39H2,1-3H3,(H,40,43)(H,41,44). The summed E-state index contributed by atoms with van der Waals surface area (Å²) >= 11 is 0. The molecule has 0 bridgehead atoms. The fraction of sp³-hybridized carbons (Fsp3) is 0.188. The van der Waals surface area contributed by atoms with E-state index in [2.05, 4.69) is 10.6 Å². The number of aryl methyl sites for hydroxylation is 3. The van der Waals surface area contributed by atoms with Gasteiger partial charge in [-0.05, 0) is 97.1 Å². The number of hydrogen-bond acceptors (Lipinski definition) is 4. The Hall–Kier alpha value is -5.00. The Morgan fingerprint density at radius 3 is 1.64 bits per heavy atom. The third-order valence-corrected chi connectivity index (χ3v) is 7.29. The van der Waals surface area contributed by atoms with Crippen LogP contribution in [0, 0.1) is 20.8 Å². The second kappa shape index (κ2) is 11.6. The molecular formula is C32H27F6N3O3. The summed E-state index contributed by atoms with van der Waals surface area (Å²) in [5.74, 6) is -2.19. The van der Waals surface area contributed by atoms with Gasteiger partial charge in [-0.15, -0.1) is 0 Å². The molecule has 4 rings (SSSR count). The zero-order chi connectivity index (χ0) is 32.6. The minimum atomic E-state index is -5.90. The average Bonchev–Trinajstić information content (AvgIpc) is 2.93. The van der Waals surface area contributed by atoms with E-state index in [1.165, 1.54) is 31.2 Å². The molecule has 0 saturated heterocycles. The first-order valence-corrected chi connectivity index (χ1v) is 13.1. The summed E-state index contributed by atoms with van der Waals surface area (Å²) in [6.07, 6.45) is -11.8. The van der Waals surface area contributed by atoms with Gasteiger partial charge in [0.25, 0.3) is 11.8 Å². The number of phenolic OH excluding ortho intramolecular Hbond substituents is 1. The molecule has 4 aromatic rings. The monoisotopic (exact) mass is 615 g/mol. The molecule has 0 heterocycles. The van der Waals surface area contributed by atoms with Crippen molar-refractivity contribution in [3.63, 3.8) is 0 Å². The maximum absolute atomic E-state index is 14.6. The Kier molecular flexibility index (Phi) is 8.41. The summed E-state index contributed by atoms with van der Waals surface area (Å²) in [5.41, 5.74) is 0.422. The Morgan fingerprint density at radius 1 is 0.636 bits per heavy atom. The van der Waals surface area contributed by atoms with Crippen molar-refractivity contribution in [3.8, 4) is 5.75 Å². The Balaban J connectivity index is 1.67. The van der Waals surface area contributed by atoms with E-state index in [1.54, 1.807) is 6.07 Å². The van der Waals surface area contributed by atoms with Crippen molar-refractivity contribution in [2.45, 2.75) is 38.5 Å². The maximum Gasteiger partial charge on any atom is 0.411 e. The highest BCUT2D eigenvalue weighted by Gasteiger charge is 2.72. The molecule has 0 spiro atoms. The molecule has 0 aromatic heterocycles. The lowest BCUT2D eigenvalue weighted by Gasteiger charge is -2.38. The van der Waals surface area contributed by atoms with Crippen LogP contribution in [0.2, 0.25) is 0 Å². The topological polar surface area (TPSA) is 104 Å². The molecule has 44 heavy (non-hydrogen) atoms. The number of rotatable bonds is 6. The number of amides is 2. The number of hydrogen-bond donors (Lipinski definition) is 4. The van der Waals surface area contributed by atoms with Crippen molar-refractivity contribution in [2.75, 3.05) is 16.4 Å². The van der Waals surface area contributed by atoms with Crippen LogP contribution < -0.4 is 16.4 Å². The number of nitrogens with one attached hydrogen (secondary N) is 2. The number of halogens is 6. The van der Waals surface area contributed by atoms with Gasteiger partial charge in [-0.25, -0.2) is 0 Å². The smallest absolute Gasteiger partial charge is 0.411 e. The SMILES string of the molecule is Cc1ccc(C)c(NC(=O)c2ccc(C(=O)Nc3cc(C(c4ccc(C)c(N)c4)(C(F)(F)F)C(F)(F)F)ccc3O)cc2)c1. The van der Waals surface area contributed by atoms with Crippen molar-refractivity contribution in [3.05, 3.63) is 118 Å². The van der Waals surface area contributed by atoms with E-state index in [0.717, 1.165) is 17.2 Å². The van der Waals surface area contributed by atoms with Crippen LogP contribution in [0.25, 0.3) is 0 Å². The number of carbonyl (C=O) groups excluding carboxylic acids is 2. The van der Waals surface area contributed by atoms with Gasteiger partial charge in [-0.2, -0.15) is 26.3 Å². The molecule has 0 saturated carbocycles. The van der Waals surface area contributed by atoms with Crippen LogP contribution in [0.15, 0.2) is 78.9 Å². The normalized spacial score (nSPS) is 12.1. The Labute approximate surface area is 248 Å². The molecule has 230 valence electrons. The van der Waals surface area contributed by atoms with Gasteiger partial charge in [0.1, 0.15) is 5.75 Å². The van der Waals surface area contributed by atoms with Crippen LogP contribution in [-0.2, 0) is 5.41 Å². The first-order chi connectivity index (χ1) is 20.5. The van der Waals surface area contributed by atoms with Crippen LogP contribution in [0.3, 0.4) is 0 Å². The maximum atomic E-state index is 14.6. The van der Waals surface area contributed by atoms with E-state index >= 15 is 0 Å². The zero-order valence-electron chi connectivity index (χ0n) is 23.6. The van der Waals surface area contributed by atoms with Crippen LogP contribution in [0.1, 0.15) is 48.5 Å². The number of anilines is 3. The third kappa shape index (κ3) is 5.92. The highest BCUT2D eigenvalue weighted by molar-refractivity contribution is 6.07. The van der Waals surface area contributed by atoms with Gasteiger partial charge < -0.3 is 21.5 Å².